The van der Waals surface area contributed by atoms with Gasteiger partial charge in [0.2, 0.25) is 0 Å². The van der Waals surface area contributed by atoms with Crippen molar-refractivity contribution in [2.45, 2.75) is 6.54 Å². The van der Waals surface area contributed by atoms with Crippen LogP contribution >= 0.6 is 0 Å². The minimum absolute atomic E-state index is 0.594. The summed E-state index contributed by atoms with van der Waals surface area (Å²) in [5, 5.41) is 0. The van der Waals surface area contributed by atoms with Gasteiger partial charge in [-0.3, -0.25) is 4.99 Å². The Balaban J connectivity index is 2.96. The van der Waals surface area contributed by atoms with Crippen LogP contribution in [0.15, 0.2) is 23.2 Å². The number of hydrogen-bond donors (Lipinski definition) is 1. The van der Waals surface area contributed by atoms with Gasteiger partial charge in [-0.05, 0) is 24.4 Å². The Hall–Kier alpha value is -1.51. The molecule has 0 aliphatic rings. The van der Waals surface area contributed by atoms with E-state index >= 15 is 0 Å². The minimum atomic E-state index is 0.594. The number of ether oxygens (including phenoxy) is 1. The number of aliphatic imine (C=N–C) groups is 1. The summed E-state index contributed by atoms with van der Waals surface area (Å²) in [7, 11) is 1.59. The molecule has 0 amide bonds. The summed E-state index contributed by atoms with van der Waals surface area (Å²) >= 11 is 0. The first-order chi connectivity index (χ1) is 5.77. The van der Waals surface area contributed by atoms with Crippen molar-refractivity contribution in [3.05, 3.63) is 23.8 Å². The van der Waals surface area contributed by atoms with Gasteiger partial charge in [0.25, 0.3) is 0 Å². The van der Waals surface area contributed by atoms with Crippen LogP contribution in [0.1, 0.15) is 5.56 Å². The molecule has 0 fully saturated rings. The first kappa shape index (κ1) is 8.59. The van der Waals surface area contributed by atoms with Crippen molar-refractivity contribution in [1.29, 1.82) is 0 Å². The van der Waals surface area contributed by atoms with Gasteiger partial charge in [-0.2, -0.15) is 0 Å². The van der Waals surface area contributed by atoms with Crippen LogP contribution in [-0.4, -0.2) is 13.8 Å². The van der Waals surface area contributed by atoms with Crippen molar-refractivity contribution in [3.63, 3.8) is 0 Å². The number of rotatable bonds is 3. The highest BCUT2D eigenvalue weighted by Crippen LogP contribution is 2.22. The van der Waals surface area contributed by atoms with E-state index < -0.39 is 0 Å². The quantitative estimate of drug-likeness (QED) is 0.543. The second-order valence-electron chi connectivity index (χ2n) is 2.46. The lowest BCUT2D eigenvalue weighted by Gasteiger charge is -2.05. The van der Waals surface area contributed by atoms with E-state index in [1.54, 1.807) is 13.2 Å². The molecule has 1 aromatic rings. The van der Waals surface area contributed by atoms with E-state index in [9.17, 15) is 0 Å². The molecule has 1 aromatic carbocycles. The predicted octanol–water partition coefficient (Wildman–Crippen LogP) is 1.48. The number of benzene rings is 1. The standard InChI is InChI=1S/C9H12N2O/c1-11-6-7-3-4-8(10)9(5-7)12-2/h3-5H,1,6,10H2,2H3. The fourth-order valence-corrected chi connectivity index (χ4v) is 0.983. The van der Waals surface area contributed by atoms with Crippen molar-refractivity contribution in [2.75, 3.05) is 12.8 Å². The summed E-state index contributed by atoms with van der Waals surface area (Å²) in [6.45, 7) is 4.01. The monoisotopic (exact) mass is 164 g/mol. The van der Waals surface area contributed by atoms with Gasteiger partial charge in [0, 0.05) is 0 Å². The van der Waals surface area contributed by atoms with Gasteiger partial charge in [0.15, 0.2) is 0 Å². The number of nitrogens with two attached hydrogens (primary N) is 1. The van der Waals surface area contributed by atoms with Crippen LogP contribution in [0.3, 0.4) is 0 Å². The summed E-state index contributed by atoms with van der Waals surface area (Å²) in [6, 6.07) is 5.58. The molecule has 0 unspecified atom stereocenters. The zero-order valence-corrected chi connectivity index (χ0v) is 7.08. The van der Waals surface area contributed by atoms with E-state index in [1.165, 1.54) is 0 Å². The van der Waals surface area contributed by atoms with Gasteiger partial charge in [0.05, 0.1) is 19.3 Å². The van der Waals surface area contributed by atoms with E-state index in [2.05, 4.69) is 11.7 Å². The molecular weight excluding hydrogens is 152 g/mol. The second kappa shape index (κ2) is 3.76. The molecule has 0 bridgehead atoms. The van der Waals surface area contributed by atoms with E-state index in [0.717, 1.165) is 5.56 Å². The Bertz CT molecular complexity index is 284. The van der Waals surface area contributed by atoms with E-state index in [4.69, 9.17) is 10.5 Å². The van der Waals surface area contributed by atoms with Crippen LogP contribution in [0.5, 0.6) is 5.75 Å². The van der Waals surface area contributed by atoms with Crippen LogP contribution in [-0.2, 0) is 6.54 Å². The van der Waals surface area contributed by atoms with Crippen LogP contribution in [0.4, 0.5) is 5.69 Å². The molecule has 0 heterocycles. The maximum Gasteiger partial charge on any atom is 0.142 e. The van der Waals surface area contributed by atoms with Gasteiger partial charge in [0.1, 0.15) is 5.75 Å². The SMILES string of the molecule is C=NCc1ccc(N)c(OC)c1. The van der Waals surface area contributed by atoms with Gasteiger partial charge >= 0.3 is 0 Å². The van der Waals surface area contributed by atoms with Gasteiger partial charge in [-0.15, -0.1) is 0 Å². The third kappa shape index (κ3) is 1.75. The van der Waals surface area contributed by atoms with Crippen LogP contribution in [0, 0.1) is 0 Å². The number of hydrogen-bond acceptors (Lipinski definition) is 3. The molecule has 2 N–H and O–H groups in total. The normalized spacial score (nSPS) is 9.42. The zero-order chi connectivity index (χ0) is 8.97. The molecule has 3 heteroatoms. The zero-order valence-electron chi connectivity index (χ0n) is 7.08. The molecule has 64 valence electrons. The lowest BCUT2D eigenvalue weighted by Crippen LogP contribution is -1.93. The molecule has 12 heavy (non-hydrogen) atoms. The molecule has 0 aliphatic heterocycles. The number of nitrogens with zero attached hydrogens (tertiary/aromatic N) is 1. The number of nitrogen functional groups attached to an aromatic ring is 1. The fourth-order valence-electron chi connectivity index (χ4n) is 0.983. The van der Waals surface area contributed by atoms with Crippen LogP contribution in [0.2, 0.25) is 0 Å². The molecule has 3 nitrogen and oxygen atoms in total. The Morgan fingerprint density at radius 1 is 1.58 bits per heavy atom. The lowest BCUT2D eigenvalue weighted by molar-refractivity contribution is 0.416. The van der Waals surface area contributed by atoms with Gasteiger partial charge < -0.3 is 10.5 Å². The Kier molecular flexibility index (Phi) is 2.69. The summed E-state index contributed by atoms with van der Waals surface area (Å²) in [5.41, 5.74) is 7.32. The Morgan fingerprint density at radius 2 is 2.33 bits per heavy atom. The van der Waals surface area contributed by atoms with Crippen molar-refractivity contribution in [3.8, 4) is 5.75 Å². The van der Waals surface area contributed by atoms with Crippen LogP contribution in [0.25, 0.3) is 0 Å². The summed E-state index contributed by atoms with van der Waals surface area (Å²) in [6.07, 6.45) is 0. The molecule has 1 rings (SSSR count). The van der Waals surface area contributed by atoms with Crippen molar-refractivity contribution < 1.29 is 4.74 Å². The van der Waals surface area contributed by atoms with Crippen molar-refractivity contribution in [1.82, 2.24) is 0 Å². The lowest BCUT2D eigenvalue weighted by atomic mass is 10.2. The molecule has 0 saturated heterocycles. The Labute approximate surface area is 71.9 Å². The van der Waals surface area contributed by atoms with Gasteiger partial charge in [-0.1, -0.05) is 6.07 Å². The molecule has 0 spiro atoms. The third-order valence-electron chi connectivity index (χ3n) is 1.59. The molecule has 0 radical (unpaired) electrons. The first-order valence-corrected chi connectivity index (χ1v) is 3.63. The summed E-state index contributed by atoms with van der Waals surface area (Å²) < 4.78 is 5.04. The maximum atomic E-state index is 5.62. The first-order valence-electron chi connectivity index (χ1n) is 3.63. The predicted molar refractivity (Wildman–Crippen MR) is 50.7 cm³/mol. The van der Waals surface area contributed by atoms with Crippen molar-refractivity contribution >= 4 is 12.4 Å². The average molecular weight is 164 g/mol. The summed E-state index contributed by atoms with van der Waals surface area (Å²) in [4.78, 5) is 3.76. The number of methoxy groups -OCH3 is 1. The van der Waals surface area contributed by atoms with E-state index in [0.29, 0.717) is 18.0 Å². The Morgan fingerprint density at radius 3 is 2.92 bits per heavy atom. The average Bonchev–Trinajstić information content (AvgIpc) is 2.09. The smallest absolute Gasteiger partial charge is 0.142 e. The molecule has 0 aliphatic carbocycles. The van der Waals surface area contributed by atoms with Gasteiger partial charge in [-0.25, -0.2) is 0 Å². The molecule has 0 aromatic heterocycles. The topological polar surface area (TPSA) is 47.6 Å². The highest BCUT2D eigenvalue weighted by Gasteiger charge is 1.99. The summed E-state index contributed by atoms with van der Waals surface area (Å²) in [5.74, 6) is 0.691. The third-order valence-corrected chi connectivity index (χ3v) is 1.59. The molecular formula is C9H12N2O. The molecule has 0 atom stereocenters. The van der Waals surface area contributed by atoms with Crippen LogP contribution < -0.4 is 10.5 Å². The highest BCUT2D eigenvalue weighted by atomic mass is 16.5. The largest absolute Gasteiger partial charge is 0.495 e. The van der Waals surface area contributed by atoms with Crippen molar-refractivity contribution in [2.24, 2.45) is 4.99 Å². The second-order valence-corrected chi connectivity index (χ2v) is 2.46. The number of anilines is 1. The minimum Gasteiger partial charge on any atom is -0.495 e. The highest BCUT2D eigenvalue weighted by molar-refractivity contribution is 5.53. The molecule has 0 saturated carbocycles. The maximum absolute atomic E-state index is 5.62. The fraction of sp³-hybridized carbons (Fsp3) is 0.222. The van der Waals surface area contributed by atoms with E-state index in [-0.39, 0.29) is 0 Å². The van der Waals surface area contributed by atoms with E-state index in [1.807, 2.05) is 12.1 Å².